The van der Waals surface area contributed by atoms with Gasteiger partial charge in [0.05, 0.1) is 12.5 Å². The molecule has 0 aliphatic carbocycles. The number of aryl methyl sites for hydroxylation is 1. The highest BCUT2D eigenvalue weighted by Crippen LogP contribution is 2.02. The van der Waals surface area contributed by atoms with Crippen LogP contribution in [0.3, 0.4) is 0 Å². The van der Waals surface area contributed by atoms with E-state index in [2.05, 4.69) is 22.1 Å². The van der Waals surface area contributed by atoms with Crippen molar-refractivity contribution in [1.29, 1.82) is 0 Å². The molecule has 1 aromatic rings. The zero-order chi connectivity index (χ0) is 12.8. The molecule has 1 rings (SSSR count). The molecule has 0 spiro atoms. The minimum absolute atomic E-state index is 0.0621. The summed E-state index contributed by atoms with van der Waals surface area (Å²) in [5, 5.41) is 2.95. The van der Waals surface area contributed by atoms with Crippen LogP contribution in [0.15, 0.2) is 12.5 Å². The lowest BCUT2D eigenvalue weighted by Crippen LogP contribution is -2.40. The number of carbonyl (C=O) groups excluding carboxylic acids is 1. The molecule has 1 aromatic heterocycles. The summed E-state index contributed by atoms with van der Waals surface area (Å²) in [4.78, 5) is 17.9. The molecule has 0 bridgehead atoms. The van der Waals surface area contributed by atoms with Crippen molar-refractivity contribution in [2.75, 3.05) is 20.6 Å². The average molecular weight is 238 g/mol. The van der Waals surface area contributed by atoms with Crippen molar-refractivity contribution >= 4 is 5.91 Å². The van der Waals surface area contributed by atoms with Gasteiger partial charge in [-0.25, -0.2) is 4.98 Å². The Hall–Kier alpha value is -1.36. The van der Waals surface area contributed by atoms with Crippen LogP contribution in [0.5, 0.6) is 0 Å². The maximum absolute atomic E-state index is 11.9. The van der Waals surface area contributed by atoms with E-state index in [0.717, 1.165) is 12.8 Å². The Labute approximate surface area is 103 Å². The van der Waals surface area contributed by atoms with Gasteiger partial charge in [0.2, 0.25) is 0 Å². The topological polar surface area (TPSA) is 50.2 Å². The third-order valence-electron chi connectivity index (χ3n) is 2.90. The molecule has 1 N–H and O–H groups in total. The SMILES string of the molecule is CCC[C@@H](CNC(=O)c1cncn1C)N(C)C. The minimum atomic E-state index is -0.0621. The summed E-state index contributed by atoms with van der Waals surface area (Å²) in [5.74, 6) is -0.0621. The number of carbonyl (C=O) groups is 1. The summed E-state index contributed by atoms with van der Waals surface area (Å²) < 4.78 is 1.72. The Balaban J connectivity index is 2.49. The molecule has 1 amide bonds. The van der Waals surface area contributed by atoms with Crippen molar-refractivity contribution in [1.82, 2.24) is 19.8 Å². The second-order valence-electron chi connectivity index (χ2n) is 4.51. The highest BCUT2D eigenvalue weighted by atomic mass is 16.1. The van der Waals surface area contributed by atoms with Crippen LogP contribution < -0.4 is 5.32 Å². The van der Waals surface area contributed by atoms with E-state index in [4.69, 9.17) is 0 Å². The van der Waals surface area contributed by atoms with Gasteiger partial charge in [-0.05, 0) is 20.5 Å². The summed E-state index contributed by atoms with van der Waals surface area (Å²) in [6, 6.07) is 0.386. The summed E-state index contributed by atoms with van der Waals surface area (Å²) in [6.07, 6.45) is 5.41. The van der Waals surface area contributed by atoms with Gasteiger partial charge in [0.25, 0.3) is 5.91 Å². The molecule has 0 saturated heterocycles. The number of aromatic nitrogens is 2. The van der Waals surface area contributed by atoms with Gasteiger partial charge in [0.1, 0.15) is 5.69 Å². The second-order valence-corrected chi connectivity index (χ2v) is 4.51. The van der Waals surface area contributed by atoms with E-state index in [9.17, 15) is 4.79 Å². The molecule has 0 radical (unpaired) electrons. The van der Waals surface area contributed by atoms with E-state index in [0.29, 0.717) is 18.3 Å². The molecule has 5 nitrogen and oxygen atoms in total. The van der Waals surface area contributed by atoms with Gasteiger partial charge in [-0.2, -0.15) is 0 Å². The third kappa shape index (κ3) is 3.85. The molecule has 0 aliphatic heterocycles. The Morgan fingerprint density at radius 3 is 2.76 bits per heavy atom. The van der Waals surface area contributed by atoms with E-state index < -0.39 is 0 Å². The lowest BCUT2D eigenvalue weighted by molar-refractivity contribution is 0.0932. The van der Waals surface area contributed by atoms with Crippen LogP contribution >= 0.6 is 0 Å². The lowest BCUT2D eigenvalue weighted by atomic mass is 10.1. The normalized spacial score (nSPS) is 12.8. The number of rotatable bonds is 6. The lowest BCUT2D eigenvalue weighted by Gasteiger charge is -2.24. The highest BCUT2D eigenvalue weighted by Gasteiger charge is 2.14. The fourth-order valence-electron chi connectivity index (χ4n) is 1.75. The van der Waals surface area contributed by atoms with Crippen LogP contribution in [-0.4, -0.2) is 47.0 Å². The number of hydrogen-bond donors (Lipinski definition) is 1. The van der Waals surface area contributed by atoms with Crippen LogP contribution in [0, 0.1) is 0 Å². The largest absolute Gasteiger partial charge is 0.349 e. The first-order valence-electron chi connectivity index (χ1n) is 5.97. The molecule has 17 heavy (non-hydrogen) atoms. The Kier molecular flexibility index (Phi) is 5.15. The van der Waals surface area contributed by atoms with Crippen molar-refractivity contribution in [2.24, 2.45) is 7.05 Å². The number of nitrogens with zero attached hydrogens (tertiary/aromatic N) is 3. The number of likely N-dealkylation sites (N-methyl/N-ethyl adjacent to an activating group) is 1. The highest BCUT2D eigenvalue weighted by molar-refractivity contribution is 5.92. The smallest absolute Gasteiger partial charge is 0.269 e. The molecule has 0 aliphatic rings. The maximum atomic E-state index is 11.9. The quantitative estimate of drug-likeness (QED) is 0.800. The first-order chi connectivity index (χ1) is 8.06. The van der Waals surface area contributed by atoms with E-state index in [-0.39, 0.29) is 5.91 Å². The van der Waals surface area contributed by atoms with Gasteiger partial charge in [-0.3, -0.25) is 4.79 Å². The van der Waals surface area contributed by atoms with Crippen molar-refractivity contribution in [3.05, 3.63) is 18.2 Å². The Morgan fingerprint density at radius 2 is 2.29 bits per heavy atom. The summed E-state index contributed by atoms with van der Waals surface area (Å²) in [5.41, 5.74) is 0.596. The van der Waals surface area contributed by atoms with Crippen LogP contribution in [-0.2, 0) is 7.05 Å². The Morgan fingerprint density at radius 1 is 1.59 bits per heavy atom. The van der Waals surface area contributed by atoms with E-state index in [1.165, 1.54) is 0 Å². The predicted octanol–water partition coefficient (Wildman–Crippen LogP) is 0.880. The van der Waals surface area contributed by atoms with Gasteiger partial charge < -0.3 is 14.8 Å². The number of hydrogen-bond acceptors (Lipinski definition) is 3. The predicted molar refractivity (Wildman–Crippen MR) is 67.9 cm³/mol. The molecule has 1 heterocycles. The molecule has 96 valence electrons. The summed E-state index contributed by atoms with van der Waals surface area (Å²) in [6.45, 7) is 2.82. The molecule has 5 heteroatoms. The van der Waals surface area contributed by atoms with Gasteiger partial charge in [0.15, 0.2) is 0 Å². The average Bonchev–Trinajstić information content (AvgIpc) is 2.69. The van der Waals surface area contributed by atoms with E-state index >= 15 is 0 Å². The summed E-state index contributed by atoms with van der Waals surface area (Å²) >= 11 is 0. The van der Waals surface area contributed by atoms with Crippen molar-refractivity contribution in [3.63, 3.8) is 0 Å². The zero-order valence-corrected chi connectivity index (χ0v) is 11.1. The standard InChI is InChI=1S/C12H22N4O/c1-5-6-10(15(2)3)7-14-12(17)11-8-13-9-16(11)4/h8-10H,5-7H2,1-4H3,(H,14,17)/t10-/m0/s1. The van der Waals surface area contributed by atoms with Gasteiger partial charge in [0, 0.05) is 19.6 Å². The third-order valence-corrected chi connectivity index (χ3v) is 2.90. The van der Waals surface area contributed by atoms with Crippen molar-refractivity contribution in [3.8, 4) is 0 Å². The van der Waals surface area contributed by atoms with Gasteiger partial charge in [-0.1, -0.05) is 13.3 Å². The molecular formula is C12H22N4O. The maximum Gasteiger partial charge on any atom is 0.269 e. The van der Waals surface area contributed by atoms with Crippen LogP contribution in [0.4, 0.5) is 0 Å². The van der Waals surface area contributed by atoms with Crippen LogP contribution in [0.2, 0.25) is 0 Å². The molecule has 0 fully saturated rings. The van der Waals surface area contributed by atoms with Crippen molar-refractivity contribution < 1.29 is 4.79 Å². The Bertz CT molecular complexity index is 359. The minimum Gasteiger partial charge on any atom is -0.349 e. The number of imidazole rings is 1. The first kappa shape index (κ1) is 13.7. The molecule has 0 saturated carbocycles. The van der Waals surface area contributed by atoms with Gasteiger partial charge in [-0.15, -0.1) is 0 Å². The molecule has 1 atom stereocenters. The monoisotopic (exact) mass is 238 g/mol. The fraction of sp³-hybridized carbons (Fsp3) is 0.667. The number of nitrogens with one attached hydrogen (secondary N) is 1. The first-order valence-corrected chi connectivity index (χ1v) is 5.97. The van der Waals surface area contributed by atoms with Gasteiger partial charge >= 0.3 is 0 Å². The van der Waals surface area contributed by atoms with E-state index in [1.807, 2.05) is 21.1 Å². The van der Waals surface area contributed by atoms with Crippen LogP contribution in [0.25, 0.3) is 0 Å². The van der Waals surface area contributed by atoms with E-state index in [1.54, 1.807) is 17.1 Å². The summed E-state index contributed by atoms with van der Waals surface area (Å²) in [7, 11) is 5.89. The molecular weight excluding hydrogens is 216 g/mol. The molecule has 0 aromatic carbocycles. The number of amides is 1. The zero-order valence-electron chi connectivity index (χ0n) is 11.1. The molecule has 0 unspecified atom stereocenters. The second kappa shape index (κ2) is 6.39. The van der Waals surface area contributed by atoms with Crippen molar-refractivity contribution in [2.45, 2.75) is 25.8 Å². The fourth-order valence-corrected chi connectivity index (χ4v) is 1.75. The van der Waals surface area contributed by atoms with Crippen LogP contribution in [0.1, 0.15) is 30.3 Å².